The fourth-order valence-corrected chi connectivity index (χ4v) is 1.38. The van der Waals surface area contributed by atoms with Gasteiger partial charge in [0.25, 0.3) is 0 Å². The molecule has 0 aromatic heterocycles. The standard InChI is InChI=1S/C8H16N2O/c1-9-4-2-3-8(7-11)5-10-6-8/h7,9-10H,2-6H2,1H3. The van der Waals surface area contributed by atoms with Crippen LogP contribution in [0.15, 0.2) is 0 Å². The van der Waals surface area contributed by atoms with E-state index in [9.17, 15) is 4.79 Å². The summed E-state index contributed by atoms with van der Waals surface area (Å²) in [5.74, 6) is 0. The van der Waals surface area contributed by atoms with Gasteiger partial charge >= 0.3 is 0 Å². The van der Waals surface area contributed by atoms with Gasteiger partial charge in [-0.3, -0.25) is 0 Å². The van der Waals surface area contributed by atoms with Crippen LogP contribution in [-0.2, 0) is 4.79 Å². The molecule has 3 nitrogen and oxygen atoms in total. The number of nitrogens with one attached hydrogen (secondary N) is 2. The maximum absolute atomic E-state index is 10.6. The minimum absolute atomic E-state index is 0.0170. The van der Waals surface area contributed by atoms with E-state index in [2.05, 4.69) is 10.6 Å². The molecule has 1 aliphatic heterocycles. The van der Waals surface area contributed by atoms with Gasteiger partial charge in [0, 0.05) is 13.1 Å². The summed E-state index contributed by atoms with van der Waals surface area (Å²) in [6.45, 7) is 2.76. The fraction of sp³-hybridized carbons (Fsp3) is 0.875. The second-order valence-corrected chi connectivity index (χ2v) is 3.29. The van der Waals surface area contributed by atoms with E-state index in [1.807, 2.05) is 7.05 Å². The molecule has 3 heteroatoms. The van der Waals surface area contributed by atoms with E-state index in [0.29, 0.717) is 0 Å². The maximum Gasteiger partial charge on any atom is 0.128 e. The van der Waals surface area contributed by atoms with Crippen LogP contribution in [0.2, 0.25) is 0 Å². The molecule has 1 heterocycles. The van der Waals surface area contributed by atoms with Gasteiger partial charge in [-0.2, -0.15) is 0 Å². The zero-order chi connectivity index (χ0) is 8.16. The summed E-state index contributed by atoms with van der Waals surface area (Å²) < 4.78 is 0. The number of carbonyl (C=O) groups is 1. The van der Waals surface area contributed by atoms with Crippen LogP contribution in [0, 0.1) is 5.41 Å². The number of carbonyl (C=O) groups excluding carboxylic acids is 1. The van der Waals surface area contributed by atoms with Crippen molar-refractivity contribution in [3.05, 3.63) is 0 Å². The van der Waals surface area contributed by atoms with Gasteiger partial charge in [-0.05, 0) is 26.4 Å². The third-order valence-electron chi connectivity index (χ3n) is 2.31. The zero-order valence-corrected chi connectivity index (χ0v) is 7.02. The van der Waals surface area contributed by atoms with Crippen LogP contribution in [0.5, 0.6) is 0 Å². The van der Waals surface area contributed by atoms with Crippen LogP contribution < -0.4 is 10.6 Å². The molecule has 1 aliphatic rings. The highest BCUT2D eigenvalue weighted by Gasteiger charge is 2.35. The van der Waals surface area contributed by atoms with Gasteiger partial charge in [0.15, 0.2) is 0 Å². The molecule has 0 bridgehead atoms. The van der Waals surface area contributed by atoms with Crippen molar-refractivity contribution in [1.29, 1.82) is 0 Å². The highest BCUT2D eigenvalue weighted by atomic mass is 16.1. The van der Waals surface area contributed by atoms with E-state index in [0.717, 1.165) is 38.8 Å². The topological polar surface area (TPSA) is 41.1 Å². The number of rotatable bonds is 5. The Morgan fingerprint density at radius 1 is 1.64 bits per heavy atom. The average molecular weight is 156 g/mol. The normalized spacial score (nSPS) is 20.8. The predicted molar refractivity (Wildman–Crippen MR) is 44.5 cm³/mol. The van der Waals surface area contributed by atoms with Crippen molar-refractivity contribution in [2.75, 3.05) is 26.7 Å². The van der Waals surface area contributed by atoms with Crippen molar-refractivity contribution in [3.63, 3.8) is 0 Å². The summed E-state index contributed by atoms with van der Waals surface area (Å²) >= 11 is 0. The molecular formula is C8H16N2O. The van der Waals surface area contributed by atoms with Crippen molar-refractivity contribution in [2.45, 2.75) is 12.8 Å². The van der Waals surface area contributed by atoms with Crippen LogP contribution in [0.4, 0.5) is 0 Å². The van der Waals surface area contributed by atoms with Gasteiger partial charge < -0.3 is 15.4 Å². The molecule has 0 radical (unpaired) electrons. The molecule has 0 spiro atoms. The summed E-state index contributed by atoms with van der Waals surface area (Å²) in [5, 5.41) is 6.20. The van der Waals surface area contributed by atoms with Crippen LogP contribution in [0.3, 0.4) is 0 Å². The van der Waals surface area contributed by atoms with Gasteiger partial charge in [0.1, 0.15) is 6.29 Å². The number of hydrogen-bond donors (Lipinski definition) is 2. The van der Waals surface area contributed by atoms with Gasteiger partial charge in [-0.1, -0.05) is 0 Å². The minimum atomic E-state index is -0.0170. The lowest BCUT2D eigenvalue weighted by atomic mass is 9.79. The molecule has 64 valence electrons. The molecule has 0 unspecified atom stereocenters. The second kappa shape index (κ2) is 3.83. The van der Waals surface area contributed by atoms with E-state index >= 15 is 0 Å². The molecule has 0 amide bonds. The van der Waals surface area contributed by atoms with Crippen molar-refractivity contribution in [1.82, 2.24) is 10.6 Å². The van der Waals surface area contributed by atoms with E-state index < -0.39 is 0 Å². The highest BCUT2D eigenvalue weighted by molar-refractivity contribution is 5.61. The van der Waals surface area contributed by atoms with Crippen LogP contribution in [0.1, 0.15) is 12.8 Å². The van der Waals surface area contributed by atoms with Gasteiger partial charge in [-0.25, -0.2) is 0 Å². The summed E-state index contributed by atoms with van der Waals surface area (Å²) in [7, 11) is 1.94. The largest absolute Gasteiger partial charge is 0.320 e. The third-order valence-corrected chi connectivity index (χ3v) is 2.31. The van der Waals surface area contributed by atoms with Crippen molar-refractivity contribution in [2.24, 2.45) is 5.41 Å². The summed E-state index contributed by atoms with van der Waals surface area (Å²) in [6.07, 6.45) is 3.22. The first kappa shape index (κ1) is 8.68. The molecule has 11 heavy (non-hydrogen) atoms. The molecule has 1 saturated heterocycles. The Morgan fingerprint density at radius 2 is 2.36 bits per heavy atom. The summed E-state index contributed by atoms with van der Waals surface area (Å²) in [6, 6.07) is 0. The van der Waals surface area contributed by atoms with E-state index in [-0.39, 0.29) is 5.41 Å². The van der Waals surface area contributed by atoms with E-state index in [1.54, 1.807) is 0 Å². The third kappa shape index (κ3) is 2.01. The van der Waals surface area contributed by atoms with Crippen molar-refractivity contribution < 1.29 is 4.79 Å². The van der Waals surface area contributed by atoms with Gasteiger partial charge in [0.2, 0.25) is 0 Å². The van der Waals surface area contributed by atoms with Gasteiger partial charge in [-0.15, -0.1) is 0 Å². The molecule has 0 saturated carbocycles. The van der Waals surface area contributed by atoms with Crippen LogP contribution in [0.25, 0.3) is 0 Å². The average Bonchev–Trinajstić information content (AvgIpc) is 1.95. The Hall–Kier alpha value is -0.410. The van der Waals surface area contributed by atoms with E-state index in [1.165, 1.54) is 0 Å². The molecule has 1 rings (SSSR count). The first-order chi connectivity index (χ1) is 5.33. The Bertz CT molecular complexity index is 132. The quantitative estimate of drug-likeness (QED) is 0.427. The number of hydrogen-bond acceptors (Lipinski definition) is 3. The summed E-state index contributed by atoms with van der Waals surface area (Å²) in [5.41, 5.74) is -0.0170. The van der Waals surface area contributed by atoms with Crippen molar-refractivity contribution in [3.8, 4) is 0 Å². The lowest BCUT2D eigenvalue weighted by Crippen LogP contribution is -2.54. The second-order valence-electron chi connectivity index (χ2n) is 3.29. The first-order valence-electron chi connectivity index (χ1n) is 4.15. The van der Waals surface area contributed by atoms with E-state index in [4.69, 9.17) is 0 Å². The highest BCUT2D eigenvalue weighted by Crippen LogP contribution is 2.25. The lowest BCUT2D eigenvalue weighted by molar-refractivity contribution is -0.119. The Balaban J connectivity index is 2.16. The molecular weight excluding hydrogens is 140 g/mol. The molecule has 0 aliphatic carbocycles. The van der Waals surface area contributed by atoms with Gasteiger partial charge in [0.05, 0.1) is 5.41 Å². The van der Waals surface area contributed by atoms with Crippen LogP contribution >= 0.6 is 0 Å². The molecule has 0 aromatic carbocycles. The monoisotopic (exact) mass is 156 g/mol. The minimum Gasteiger partial charge on any atom is -0.320 e. The smallest absolute Gasteiger partial charge is 0.128 e. The number of aldehydes is 1. The first-order valence-corrected chi connectivity index (χ1v) is 4.15. The molecule has 0 aromatic rings. The maximum atomic E-state index is 10.6. The molecule has 0 atom stereocenters. The lowest BCUT2D eigenvalue weighted by Gasteiger charge is -2.37. The van der Waals surface area contributed by atoms with Crippen molar-refractivity contribution >= 4 is 6.29 Å². The molecule has 1 fully saturated rings. The Morgan fingerprint density at radius 3 is 2.73 bits per heavy atom. The van der Waals surface area contributed by atoms with Crippen LogP contribution in [-0.4, -0.2) is 33.0 Å². The summed E-state index contributed by atoms with van der Waals surface area (Å²) in [4.78, 5) is 10.6. The Labute approximate surface area is 67.5 Å². The Kier molecular flexibility index (Phi) is 3.02. The zero-order valence-electron chi connectivity index (χ0n) is 7.02. The SMILES string of the molecule is CNCCCC1(C=O)CNC1. The molecule has 2 N–H and O–H groups in total. The predicted octanol–water partition coefficient (Wildman–Crippen LogP) is -0.225. The fourth-order valence-electron chi connectivity index (χ4n) is 1.38.